The Bertz CT molecular complexity index is 459. The molecule has 0 aromatic heterocycles. The van der Waals surface area contributed by atoms with Crippen LogP contribution in [0.4, 0.5) is 0 Å². The average Bonchev–Trinajstić information content (AvgIpc) is 2.39. The summed E-state index contributed by atoms with van der Waals surface area (Å²) in [5, 5.41) is 0. The molecule has 0 unspecified atom stereocenters. The van der Waals surface area contributed by atoms with Gasteiger partial charge in [0.1, 0.15) is 5.75 Å². The van der Waals surface area contributed by atoms with Gasteiger partial charge in [-0.2, -0.15) is 0 Å². The van der Waals surface area contributed by atoms with Gasteiger partial charge in [-0.3, -0.25) is 0 Å². The van der Waals surface area contributed by atoms with E-state index in [-0.39, 0.29) is 0 Å². The number of aryl methyl sites for hydroxylation is 2. The van der Waals surface area contributed by atoms with Crippen molar-refractivity contribution in [3.63, 3.8) is 0 Å². The zero-order chi connectivity index (χ0) is 15.4. The van der Waals surface area contributed by atoms with E-state index in [4.69, 9.17) is 4.74 Å². The molecule has 0 aliphatic carbocycles. The summed E-state index contributed by atoms with van der Waals surface area (Å²) < 4.78 is 6.03. The van der Waals surface area contributed by atoms with Gasteiger partial charge >= 0.3 is 0 Å². The summed E-state index contributed by atoms with van der Waals surface area (Å²) in [6.45, 7) is 16.0. The van der Waals surface area contributed by atoms with Crippen LogP contribution in [0.25, 0.3) is 0 Å². The van der Waals surface area contributed by atoms with Gasteiger partial charge in [-0.05, 0) is 49.9 Å². The first-order valence-electron chi connectivity index (χ1n) is 8.50. The lowest BCUT2D eigenvalue weighted by atomic mass is 9.92. The molecule has 2 nitrogen and oxygen atoms in total. The monoisotopic (exact) mass is 290 g/mol. The summed E-state index contributed by atoms with van der Waals surface area (Å²) in [6.07, 6.45) is 2.56. The molecule has 1 heterocycles. The van der Waals surface area contributed by atoms with Gasteiger partial charge in [-0.1, -0.05) is 19.9 Å². The van der Waals surface area contributed by atoms with Crippen molar-refractivity contribution in [1.29, 1.82) is 0 Å². The molecule has 0 spiro atoms. The van der Waals surface area contributed by atoms with E-state index in [9.17, 15) is 0 Å². The van der Waals surface area contributed by atoms with E-state index in [2.05, 4.69) is 46.8 Å². The van der Waals surface area contributed by atoms with Crippen LogP contribution in [0.3, 0.4) is 0 Å². The van der Waals surface area contributed by atoms with Crippen molar-refractivity contribution in [2.24, 2.45) is 11.8 Å². The van der Waals surface area contributed by atoms with Crippen LogP contribution in [-0.2, 0) is 0 Å². The zero-order valence-electron chi connectivity index (χ0n) is 14.5. The molecule has 1 N–H and O–H groups in total. The van der Waals surface area contributed by atoms with E-state index in [1.165, 1.54) is 42.7 Å². The number of rotatable bonds is 5. The summed E-state index contributed by atoms with van der Waals surface area (Å²) in [4.78, 5) is 1.77. The van der Waals surface area contributed by atoms with Crippen molar-refractivity contribution < 1.29 is 9.64 Å². The third kappa shape index (κ3) is 4.74. The minimum absolute atomic E-state index is 0.843. The van der Waals surface area contributed by atoms with E-state index < -0.39 is 0 Å². The first kappa shape index (κ1) is 16.4. The molecule has 0 radical (unpaired) electrons. The maximum Gasteiger partial charge on any atom is 0.122 e. The van der Waals surface area contributed by atoms with E-state index in [0.29, 0.717) is 0 Å². The van der Waals surface area contributed by atoms with Crippen LogP contribution in [0.15, 0.2) is 12.1 Å². The van der Waals surface area contributed by atoms with Crippen molar-refractivity contribution in [1.82, 2.24) is 0 Å². The molecular formula is C19H32NO+. The highest BCUT2D eigenvalue weighted by Gasteiger charge is 2.24. The zero-order valence-corrected chi connectivity index (χ0v) is 14.5. The maximum absolute atomic E-state index is 6.03. The lowest BCUT2D eigenvalue weighted by Gasteiger charge is -2.32. The van der Waals surface area contributed by atoms with Crippen LogP contribution in [0.1, 0.15) is 43.4 Å². The normalized spacial score (nSPS) is 25.9. The van der Waals surface area contributed by atoms with E-state index in [1.807, 2.05) is 0 Å². The van der Waals surface area contributed by atoms with Crippen molar-refractivity contribution >= 4 is 0 Å². The van der Waals surface area contributed by atoms with Gasteiger partial charge in [0, 0.05) is 18.3 Å². The molecule has 1 aromatic rings. The number of hydrogen-bond donors (Lipinski definition) is 1. The molecule has 2 rings (SSSR count). The number of ether oxygens (including phenoxy) is 1. The summed E-state index contributed by atoms with van der Waals surface area (Å²) >= 11 is 0. The largest absolute Gasteiger partial charge is 0.493 e. The topological polar surface area (TPSA) is 13.7 Å². The fraction of sp³-hybridized carbons (Fsp3) is 0.684. The molecule has 0 saturated carbocycles. The number of nitrogens with one attached hydrogen (secondary N) is 1. The first-order chi connectivity index (χ1) is 9.95. The molecule has 1 aliphatic heterocycles. The molecule has 0 amide bonds. The molecule has 21 heavy (non-hydrogen) atoms. The van der Waals surface area contributed by atoms with Crippen LogP contribution < -0.4 is 9.64 Å². The summed E-state index contributed by atoms with van der Waals surface area (Å²) in [5.74, 6) is 2.83. The smallest absolute Gasteiger partial charge is 0.122 e. The molecule has 2 heteroatoms. The second-order valence-electron chi connectivity index (χ2n) is 7.26. The Labute approximate surface area is 130 Å². The van der Waals surface area contributed by atoms with Gasteiger partial charge in [-0.25, -0.2) is 0 Å². The van der Waals surface area contributed by atoms with Gasteiger partial charge < -0.3 is 9.64 Å². The Kier molecular flexibility index (Phi) is 5.69. The van der Waals surface area contributed by atoms with Crippen LogP contribution in [-0.4, -0.2) is 26.2 Å². The highest BCUT2D eigenvalue weighted by atomic mass is 16.5. The predicted octanol–water partition coefficient (Wildman–Crippen LogP) is 2.94. The van der Waals surface area contributed by atoms with E-state index in [1.54, 1.807) is 4.90 Å². The molecule has 1 aromatic carbocycles. The fourth-order valence-corrected chi connectivity index (χ4v) is 3.78. The molecule has 2 atom stereocenters. The van der Waals surface area contributed by atoms with Crippen molar-refractivity contribution in [2.75, 3.05) is 26.2 Å². The van der Waals surface area contributed by atoms with Gasteiger partial charge in [0.15, 0.2) is 0 Å². The summed E-state index contributed by atoms with van der Waals surface area (Å²) in [6, 6.07) is 4.39. The summed E-state index contributed by atoms with van der Waals surface area (Å²) in [5.41, 5.74) is 3.90. The SMILES string of the molecule is Cc1cc(C)c(C)c(OCCC[NH+]2C[C@H](C)C[C@@H](C)C2)c1. The maximum atomic E-state index is 6.03. The van der Waals surface area contributed by atoms with Gasteiger partial charge in [0.05, 0.1) is 26.2 Å². The molecule has 118 valence electrons. The molecule has 1 saturated heterocycles. The number of piperidine rings is 1. The average molecular weight is 290 g/mol. The van der Waals surface area contributed by atoms with Crippen molar-refractivity contribution in [3.8, 4) is 5.75 Å². The lowest BCUT2D eigenvalue weighted by Crippen LogP contribution is -3.14. The number of benzene rings is 1. The van der Waals surface area contributed by atoms with Crippen LogP contribution in [0.2, 0.25) is 0 Å². The molecular weight excluding hydrogens is 258 g/mol. The van der Waals surface area contributed by atoms with Gasteiger partial charge in [0.25, 0.3) is 0 Å². The Hall–Kier alpha value is -1.02. The fourth-order valence-electron chi connectivity index (χ4n) is 3.78. The van der Waals surface area contributed by atoms with Gasteiger partial charge in [-0.15, -0.1) is 0 Å². The standard InChI is InChI=1S/C19H31NO/c1-14-10-17(4)18(5)19(11-14)21-8-6-7-20-12-15(2)9-16(3)13-20/h10-11,15-16H,6-9,12-13H2,1-5H3/p+1/t15-,16-/m1/s1. The first-order valence-corrected chi connectivity index (χ1v) is 8.50. The Balaban J connectivity index is 1.77. The minimum atomic E-state index is 0.843. The number of hydrogen-bond acceptors (Lipinski definition) is 1. The third-order valence-electron chi connectivity index (χ3n) is 4.78. The Morgan fingerprint density at radius 1 is 1.10 bits per heavy atom. The van der Waals surface area contributed by atoms with Crippen LogP contribution in [0, 0.1) is 32.6 Å². The highest BCUT2D eigenvalue weighted by Crippen LogP contribution is 2.23. The summed E-state index contributed by atoms with van der Waals surface area (Å²) in [7, 11) is 0. The van der Waals surface area contributed by atoms with Crippen LogP contribution in [0.5, 0.6) is 5.75 Å². The van der Waals surface area contributed by atoms with Crippen LogP contribution >= 0.6 is 0 Å². The number of likely N-dealkylation sites (tertiary alicyclic amines) is 1. The second kappa shape index (κ2) is 7.31. The predicted molar refractivity (Wildman–Crippen MR) is 89.3 cm³/mol. The van der Waals surface area contributed by atoms with Crippen molar-refractivity contribution in [3.05, 3.63) is 28.8 Å². The number of quaternary nitrogens is 1. The molecule has 0 bridgehead atoms. The quantitative estimate of drug-likeness (QED) is 0.823. The van der Waals surface area contributed by atoms with E-state index in [0.717, 1.165) is 30.6 Å². The molecule has 1 fully saturated rings. The Morgan fingerprint density at radius 2 is 1.76 bits per heavy atom. The third-order valence-corrected chi connectivity index (χ3v) is 4.78. The molecule has 1 aliphatic rings. The highest BCUT2D eigenvalue weighted by molar-refractivity contribution is 5.41. The van der Waals surface area contributed by atoms with E-state index >= 15 is 0 Å². The lowest BCUT2D eigenvalue weighted by molar-refractivity contribution is -0.912. The Morgan fingerprint density at radius 3 is 2.43 bits per heavy atom. The second-order valence-corrected chi connectivity index (χ2v) is 7.26. The van der Waals surface area contributed by atoms with Gasteiger partial charge in [0.2, 0.25) is 0 Å². The van der Waals surface area contributed by atoms with Crippen molar-refractivity contribution in [2.45, 2.75) is 47.5 Å². The minimum Gasteiger partial charge on any atom is -0.493 e.